The van der Waals surface area contributed by atoms with Crippen molar-refractivity contribution >= 4 is 17.4 Å². The number of anilines is 1. The molecule has 0 saturated carbocycles. The second kappa shape index (κ2) is 10.8. The monoisotopic (exact) mass is 443 g/mol. The van der Waals surface area contributed by atoms with E-state index in [1.165, 1.54) is 6.08 Å². The molecule has 3 nitrogen and oxygen atoms in total. The summed E-state index contributed by atoms with van der Waals surface area (Å²) < 4.78 is 0. The number of aliphatic hydroxyl groups excluding tert-OH is 1. The molecule has 4 aromatic carbocycles. The van der Waals surface area contributed by atoms with Gasteiger partial charge in [0.05, 0.1) is 12.2 Å². The second-order valence-corrected chi connectivity index (χ2v) is 7.94. The molecule has 4 rings (SSSR count). The molecule has 0 fully saturated rings. The molecule has 0 unspecified atom stereocenters. The summed E-state index contributed by atoms with van der Waals surface area (Å²) in [4.78, 5) is 15.1. The van der Waals surface area contributed by atoms with Crippen LogP contribution in [0.25, 0.3) is 5.76 Å². The van der Waals surface area contributed by atoms with E-state index in [0.717, 1.165) is 22.3 Å². The van der Waals surface area contributed by atoms with Gasteiger partial charge in [-0.05, 0) is 42.3 Å². The van der Waals surface area contributed by atoms with Crippen LogP contribution in [0.4, 0.5) is 5.69 Å². The topological polar surface area (TPSA) is 40.5 Å². The van der Waals surface area contributed by atoms with E-state index < -0.39 is 0 Å². The van der Waals surface area contributed by atoms with Crippen molar-refractivity contribution in [2.45, 2.75) is 13.5 Å². The molecule has 0 aliphatic carbocycles. The number of aliphatic hydroxyl groups is 1. The Hall–Kier alpha value is -4.55. The minimum Gasteiger partial charge on any atom is -0.507 e. The number of nitrogens with zero attached hydrogens (tertiary/aromatic N) is 1. The quantitative estimate of drug-likeness (QED) is 0.216. The summed E-state index contributed by atoms with van der Waals surface area (Å²) in [5.41, 5.74) is 4.96. The maximum atomic E-state index is 13.5. The van der Waals surface area contributed by atoms with Gasteiger partial charge in [0.15, 0.2) is 0 Å². The van der Waals surface area contributed by atoms with E-state index in [2.05, 4.69) is 11.8 Å². The third kappa shape index (κ3) is 5.82. The highest BCUT2D eigenvalue weighted by Crippen LogP contribution is 2.25. The van der Waals surface area contributed by atoms with Crippen LogP contribution in [-0.2, 0) is 11.3 Å². The van der Waals surface area contributed by atoms with Crippen molar-refractivity contribution < 1.29 is 9.90 Å². The minimum atomic E-state index is -0.322. The Kier molecular flexibility index (Phi) is 7.22. The number of hydrogen-bond donors (Lipinski definition) is 1. The summed E-state index contributed by atoms with van der Waals surface area (Å²) in [5, 5.41) is 10.6. The number of amides is 1. The number of carbonyl (C=O) groups excluding carboxylic acids is 1. The standard InChI is InChI=1S/C31H25NO2/c1-24-17-20-29(28(21-24)19-18-25-11-5-2-6-12-25)32(23-26-13-7-3-8-14-26)31(34)22-30(33)27-15-9-4-10-16-27/h2-17,20-22,33H,23H2,1H3/b30-22+. The fraction of sp³-hybridized carbons (Fsp3) is 0.0645. The molecule has 0 spiro atoms. The van der Waals surface area contributed by atoms with Gasteiger partial charge in [0, 0.05) is 22.8 Å². The maximum Gasteiger partial charge on any atom is 0.255 e. The minimum absolute atomic E-state index is 0.0762. The Morgan fingerprint density at radius 1 is 0.824 bits per heavy atom. The third-order valence-electron chi connectivity index (χ3n) is 5.34. The SMILES string of the molecule is Cc1ccc(N(Cc2ccccc2)C(=O)/C=C(/O)c2ccccc2)c(C#Cc2ccccc2)c1. The zero-order chi connectivity index (χ0) is 23.8. The second-order valence-electron chi connectivity index (χ2n) is 7.94. The van der Waals surface area contributed by atoms with Gasteiger partial charge < -0.3 is 10.0 Å². The Balaban J connectivity index is 1.76. The van der Waals surface area contributed by atoms with Gasteiger partial charge in [-0.3, -0.25) is 4.79 Å². The van der Waals surface area contributed by atoms with Crippen molar-refractivity contribution in [3.05, 3.63) is 143 Å². The summed E-state index contributed by atoms with van der Waals surface area (Å²) in [5.74, 6) is 6.05. The fourth-order valence-electron chi connectivity index (χ4n) is 3.58. The van der Waals surface area contributed by atoms with Crippen LogP contribution in [0.3, 0.4) is 0 Å². The first kappa shape index (κ1) is 22.6. The Morgan fingerprint density at radius 3 is 2.12 bits per heavy atom. The van der Waals surface area contributed by atoms with Crippen molar-refractivity contribution in [3.63, 3.8) is 0 Å². The number of rotatable bonds is 5. The van der Waals surface area contributed by atoms with Gasteiger partial charge in [0.1, 0.15) is 5.76 Å². The van der Waals surface area contributed by atoms with Crippen molar-refractivity contribution in [1.29, 1.82) is 0 Å². The first-order valence-corrected chi connectivity index (χ1v) is 11.1. The van der Waals surface area contributed by atoms with Crippen LogP contribution < -0.4 is 4.90 Å². The van der Waals surface area contributed by atoms with E-state index >= 15 is 0 Å². The molecule has 4 aromatic rings. The Bertz CT molecular complexity index is 1350. The van der Waals surface area contributed by atoms with E-state index in [4.69, 9.17) is 0 Å². The lowest BCUT2D eigenvalue weighted by Gasteiger charge is -2.23. The van der Waals surface area contributed by atoms with Crippen molar-refractivity contribution in [2.75, 3.05) is 4.90 Å². The van der Waals surface area contributed by atoms with Crippen molar-refractivity contribution in [3.8, 4) is 11.8 Å². The lowest BCUT2D eigenvalue weighted by atomic mass is 10.1. The summed E-state index contributed by atoms with van der Waals surface area (Å²) >= 11 is 0. The van der Waals surface area contributed by atoms with E-state index in [9.17, 15) is 9.90 Å². The Labute approximate surface area is 200 Å². The van der Waals surface area contributed by atoms with Crippen molar-refractivity contribution in [2.24, 2.45) is 0 Å². The first-order chi connectivity index (χ1) is 16.6. The molecule has 0 aromatic heterocycles. The maximum absolute atomic E-state index is 13.5. The highest BCUT2D eigenvalue weighted by Gasteiger charge is 2.19. The average molecular weight is 444 g/mol. The highest BCUT2D eigenvalue weighted by molar-refractivity contribution is 6.05. The lowest BCUT2D eigenvalue weighted by molar-refractivity contribution is -0.114. The van der Waals surface area contributed by atoms with E-state index in [1.807, 2.05) is 104 Å². The summed E-state index contributed by atoms with van der Waals surface area (Å²) in [7, 11) is 0. The van der Waals surface area contributed by atoms with E-state index in [-0.39, 0.29) is 11.7 Å². The molecule has 1 amide bonds. The van der Waals surface area contributed by atoms with Crippen molar-refractivity contribution in [1.82, 2.24) is 0 Å². The van der Waals surface area contributed by atoms with E-state index in [0.29, 0.717) is 17.8 Å². The predicted octanol–water partition coefficient (Wildman–Crippen LogP) is 6.53. The van der Waals surface area contributed by atoms with Crippen LogP contribution in [0.1, 0.15) is 27.8 Å². The number of benzene rings is 4. The van der Waals surface area contributed by atoms with Crippen LogP contribution in [0.2, 0.25) is 0 Å². The van der Waals surface area contributed by atoms with Gasteiger partial charge >= 0.3 is 0 Å². The molecule has 1 N–H and O–H groups in total. The van der Waals surface area contributed by atoms with Gasteiger partial charge in [-0.25, -0.2) is 0 Å². The van der Waals surface area contributed by atoms with Gasteiger partial charge in [0.25, 0.3) is 5.91 Å². The molecule has 0 heterocycles. The lowest BCUT2D eigenvalue weighted by Crippen LogP contribution is -2.29. The van der Waals surface area contributed by atoms with E-state index in [1.54, 1.807) is 17.0 Å². The van der Waals surface area contributed by atoms with Crippen LogP contribution in [0.5, 0.6) is 0 Å². The van der Waals surface area contributed by atoms with Crippen LogP contribution in [0.15, 0.2) is 115 Å². The largest absolute Gasteiger partial charge is 0.507 e. The molecule has 0 radical (unpaired) electrons. The molecule has 3 heteroatoms. The van der Waals surface area contributed by atoms with Gasteiger partial charge in [0.2, 0.25) is 0 Å². The smallest absolute Gasteiger partial charge is 0.255 e. The van der Waals surface area contributed by atoms with Crippen LogP contribution in [-0.4, -0.2) is 11.0 Å². The van der Waals surface area contributed by atoms with Gasteiger partial charge in [-0.15, -0.1) is 0 Å². The molecular formula is C31H25NO2. The number of hydrogen-bond acceptors (Lipinski definition) is 2. The zero-order valence-corrected chi connectivity index (χ0v) is 19.0. The zero-order valence-electron chi connectivity index (χ0n) is 19.0. The molecule has 0 aliphatic heterocycles. The Morgan fingerprint density at radius 2 is 1.44 bits per heavy atom. The summed E-state index contributed by atoms with van der Waals surface area (Å²) in [6.45, 7) is 2.35. The predicted molar refractivity (Wildman–Crippen MR) is 138 cm³/mol. The van der Waals surface area contributed by atoms with Gasteiger partial charge in [-0.2, -0.15) is 0 Å². The first-order valence-electron chi connectivity index (χ1n) is 11.1. The van der Waals surface area contributed by atoms with Crippen LogP contribution in [0, 0.1) is 18.8 Å². The molecule has 0 aliphatic rings. The van der Waals surface area contributed by atoms with Crippen LogP contribution >= 0.6 is 0 Å². The number of carbonyl (C=O) groups is 1. The molecule has 0 bridgehead atoms. The number of aryl methyl sites for hydroxylation is 1. The summed E-state index contributed by atoms with van der Waals surface area (Å²) in [6, 6.07) is 34.5. The normalized spacial score (nSPS) is 10.8. The summed E-state index contributed by atoms with van der Waals surface area (Å²) in [6.07, 6.45) is 1.27. The third-order valence-corrected chi connectivity index (χ3v) is 5.34. The molecule has 0 atom stereocenters. The highest BCUT2D eigenvalue weighted by atomic mass is 16.3. The molecule has 0 saturated heterocycles. The molecule has 34 heavy (non-hydrogen) atoms. The average Bonchev–Trinajstić information content (AvgIpc) is 2.88. The fourth-order valence-corrected chi connectivity index (χ4v) is 3.58. The van der Waals surface area contributed by atoms with Gasteiger partial charge in [-0.1, -0.05) is 96.8 Å². The molecular weight excluding hydrogens is 418 g/mol. The molecule has 166 valence electrons.